The Morgan fingerprint density at radius 3 is 2.65 bits per heavy atom. The van der Waals surface area contributed by atoms with Crippen LogP contribution in [0.15, 0.2) is 12.1 Å². The van der Waals surface area contributed by atoms with Gasteiger partial charge >= 0.3 is 12.6 Å². The summed E-state index contributed by atoms with van der Waals surface area (Å²) >= 11 is 0. The van der Waals surface area contributed by atoms with E-state index in [2.05, 4.69) is 4.74 Å². The van der Waals surface area contributed by atoms with Crippen LogP contribution in [0.25, 0.3) is 0 Å². The number of nitriles is 1. The highest BCUT2D eigenvalue weighted by atomic mass is 19.3. The van der Waals surface area contributed by atoms with Crippen molar-refractivity contribution in [3.8, 4) is 11.8 Å². The zero-order valence-corrected chi connectivity index (χ0v) is 8.28. The van der Waals surface area contributed by atoms with Gasteiger partial charge in [0.15, 0.2) is 0 Å². The minimum atomic E-state index is -3.18. The van der Waals surface area contributed by atoms with Gasteiger partial charge in [0, 0.05) is 5.56 Å². The molecule has 0 bridgehead atoms. The van der Waals surface area contributed by atoms with Crippen LogP contribution in [0.3, 0.4) is 0 Å². The van der Waals surface area contributed by atoms with Crippen LogP contribution in [-0.2, 0) is 11.2 Å². The molecule has 0 aliphatic rings. The van der Waals surface area contributed by atoms with Gasteiger partial charge in [-0.05, 0) is 12.1 Å². The zero-order valence-electron chi connectivity index (χ0n) is 8.28. The fourth-order valence-electron chi connectivity index (χ4n) is 1.17. The van der Waals surface area contributed by atoms with Crippen molar-refractivity contribution < 1.29 is 27.8 Å². The molecule has 1 rings (SSSR count). The van der Waals surface area contributed by atoms with Crippen molar-refractivity contribution in [1.82, 2.24) is 0 Å². The summed E-state index contributed by atoms with van der Waals surface area (Å²) in [5, 5.41) is 17.0. The molecule has 0 saturated carbocycles. The first kappa shape index (κ1) is 12.8. The van der Waals surface area contributed by atoms with E-state index in [1.807, 2.05) is 0 Å². The van der Waals surface area contributed by atoms with E-state index in [1.165, 1.54) is 6.07 Å². The van der Waals surface area contributed by atoms with Crippen molar-refractivity contribution in [2.24, 2.45) is 0 Å². The maximum absolute atomic E-state index is 13.3. The lowest BCUT2D eigenvalue weighted by atomic mass is 10.1. The summed E-state index contributed by atoms with van der Waals surface area (Å²) in [6.07, 6.45) is -0.683. The molecule has 0 fully saturated rings. The maximum atomic E-state index is 13.3. The van der Waals surface area contributed by atoms with Crippen molar-refractivity contribution >= 4 is 5.97 Å². The molecule has 0 spiro atoms. The monoisotopic (exact) mass is 245 g/mol. The molecule has 0 aliphatic carbocycles. The lowest BCUT2D eigenvalue weighted by Crippen LogP contribution is -2.07. The second kappa shape index (κ2) is 5.21. The number of aliphatic carboxylic acids is 1. The van der Waals surface area contributed by atoms with Gasteiger partial charge in [0.05, 0.1) is 12.0 Å². The Bertz CT molecular complexity index is 482. The Morgan fingerprint density at radius 2 is 2.18 bits per heavy atom. The van der Waals surface area contributed by atoms with E-state index in [0.29, 0.717) is 6.07 Å². The van der Waals surface area contributed by atoms with E-state index in [9.17, 15) is 18.0 Å². The second-order valence-corrected chi connectivity index (χ2v) is 3.00. The number of benzene rings is 1. The quantitative estimate of drug-likeness (QED) is 0.879. The van der Waals surface area contributed by atoms with Gasteiger partial charge in [-0.25, -0.2) is 4.39 Å². The Labute approximate surface area is 93.8 Å². The van der Waals surface area contributed by atoms with Crippen molar-refractivity contribution in [1.29, 1.82) is 5.26 Å². The van der Waals surface area contributed by atoms with Crippen LogP contribution in [0.4, 0.5) is 13.2 Å². The first-order valence-electron chi connectivity index (χ1n) is 4.33. The predicted molar refractivity (Wildman–Crippen MR) is 49.1 cm³/mol. The van der Waals surface area contributed by atoms with Crippen molar-refractivity contribution in [3.05, 3.63) is 29.1 Å². The third-order valence-electron chi connectivity index (χ3n) is 1.83. The highest BCUT2D eigenvalue weighted by Crippen LogP contribution is 2.24. The summed E-state index contributed by atoms with van der Waals surface area (Å²) < 4.78 is 41.2. The average Bonchev–Trinajstić information content (AvgIpc) is 2.21. The van der Waals surface area contributed by atoms with Gasteiger partial charge in [-0.15, -0.1) is 0 Å². The summed E-state index contributed by atoms with van der Waals surface area (Å²) in [5.41, 5.74) is -0.746. The molecule has 0 amide bonds. The fraction of sp³-hybridized carbons (Fsp3) is 0.200. The molecule has 0 aliphatic heterocycles. The second-order valence-electron chi connectivity index (χ2n) is 3.00. The number of carboxylic acids is 1. The minimum Gasteiger partial charge on any atom is -0.481 e. The third-order valence-corrected chi connectivity index (χ3v) is 1.83. The number of nitrogens with zero attached hydrogens (tertiary/aromatic N) is 1. The molecule has 17 heavy (non-hydrogen) atoms. The molecule has 1 N–H and O–H groups in total. The summed E-state index contributed by atoms with van der Waals surface area (Å²) in [6, 6.07) is 2.93. The zero-order chi connectivity index (χ0) is 13.0. The van der Waals surface area contributed by atoms with Crippen LogP contribution < -0.4 is 4.74 Å². The van der Waals surface area contributed by atoms with E-state index in [-0.39, 0.29) is 5.56 Å². The van der Waals surface area contributed by atoms with E-state index in [0.717, 1.165) is 6.07 Å². The van der Waals surface area contributed by atoms with Crippen molar-refractivity contribution in [2.75, 3.05) is 0 Å². The number of carbonyl (C=O) groups is 1. The number of rotatable bonds is 4. The Hall–Kier alpha value is -2.23. The van der Waals surface area contributed by atoms with Gasteiger partial charge < -0.3 is 9.84 Å². The summed E-state index contributed by atoms with van der Waals surface area (Å²) in [5.74, 6) is -2.82. The number of ether oxygens (including phenoxy) is 1. The molecule has 0 atom stereocenters. The van der Waals surface area contributed by atoms with E-state index in [1.54, 1.807) is 0 Å². The van der Waals surface area contributed by atoms with Gasteiger partial charge in [0.2, 0.25) is 0 Å². The molecule has 0 unspecified atom stereocenters. The van der Waals surface area contributed by atoms with Gasteiger partial charge in [-0.2, -0.15) is 14.0 Å². The predicted octanol–water partition coefficient (Wildman–Crippen LogP) is 1.93. The van der Waals surface area contributed by atoms with Crippen LogP contribution in [0.2, 0.25) is 0 Å². The van der Waals surface area contributed by atoms with E-state index < -0.39 is 36.1 Å². The third kappa shape index (κ3) is 3.38. The lowest BCUT2D eigenvalue weighted by molar-refractivity contribution is -0.136. The molecule has 0 radical (unpaired) electrons. The molecule has 0 heterocycles. The smallest absolute Gasteiger partial charge is 0.387 e. The van der Waals surface area contributed by atoms with Crippen molar-refractivity contribution in [3.63, 3.8) is 0 Å². The first-order chi connectivity index (χ1) is 7.93. The number of hydrogen-bond donors (Lipinski definition) is 1. The topological polar surface area (TPSA) is 70.3 Å². The largest absolute Gasteiger partial charge is 0.481 e. The van der Waals surface area contributed by atoms with Gasteiger partial charge in [-0.3, -0.25) is 4.79 Å². The number of carboxylic acid groups (broad SMARTS) is 1. The fourth-order valence-corrected chi connectivity index (χ4v) is 1.17. The molecule has 1 aromatic carbocycles. The standard InChI is InChI=1S/C10H6F3NO3/c11-7-1-6(4-14)8(17-10(12)13)2-5(7)3-9(15)16/h1-2,10H,3H2,(H,15,16). The Balaban J connectivity index is 3.18. The van der Waals surface area contributed by atoms with E-state index >= 15 is 0 Å². The highest BCUT2D eigenvalue weighted by molar-refractivity contribution is 5.70. The molecule has 0 saturated heterocycles. The highest BCUT2D eigenvalue weighted by Gasteiger charge is 2.15. The molecule has 1 aromatic rings. The van der Waals surface area contributed by atoms with Crippen LogP contribution in [0.5, 0.6) is 5.75 Å². The van der Waals surface area contributed by atoms with Crippen molar-refractivity contribution in [2.45, 2.75) is 13.0 Å². The normalized spacial score (nSPS) is 10.1. The van der Waals surface area contributed by atoms with Crippen LogP contribution in [-0.4, -0.2) is 17.7 Å². The SMILES string of the molecule is N#Cc1cc(F)c(CC(=O)O)cc1OC(F)F. The summed E-state index contributed by atoms with van der Waals surface area (Å²) in [4.78, 5) is 10.4. The Morgan fingerprint density at radius 1 is 1.53 bits per heavy atom. The molecular weight excluding hydrogens is 239 g/mol. The maximum Gasteiger partial charge on any atom is 0.387 e. The van der Waals surface area contributed by atoms with Gasteiger partial charge in [-0.1, -0.05) is 0 Å². The summed E-state index contributed by atoms with van der Waals surface area (Å²) in [6.45, 7) is -3.18. The minimum absolute atomic E-state index is 0.327. The first-order valence-corrected chi connectivity index (χ1v) is 4.33. The van der Waals surface area contributed by atoms with E-state index in [4.69, 9.17) is 10.4 Å². The van der Waals surface area contributed by atoms with Gasteiger partial charge in [0.25, 0.3) is 0 Å². The van der Waals surface area contributed by atoms with Crippen LogP contribution in [0, 0.1) is 17.1 Å². The number of hydrogen-bond acceptors (Lipinski definition) is 3. The van der Waals surface area contributed by atoms with Gasteiger partial charge in [0.1, 0.15) is 17.6 Å². The summed E-state index contributed by atoms with van der Waals surface area (Å²) in [7, 11) is 0. The Kier molecular flexibility index (Phi) is 3.93. The van der Waals surface area contributed by atoms with Crippen LogP contribution in [0.1, 0.15) is 11.1 Å². The number of halogens is 3. The van der Waals surface area contributed by atoms with Crippen LogP contribution >= 0.6 is 0 Å². The molecule has 4 nitrogen and oxygen atoms in total. The molecule has 7 heteroatoms. The average molecular weight is 245 g/mol. The number of alkyl halides is 2. The molecule has 0 aromatic heterocycles. The lowest BCUT2D eigenvalue weighted by Gasteiger charge is -2.08. The molecule has 90 valence electrons. The molecular formula is C10H6F3NO3.